The fourth-order valence-corrected chi connectivity index (χ4v) is 3.57. The Morgan fingerprint density at radius 1 is 1.00 bits per heavy atom. The van der Waals surface area contributed by atoms with Gasteiger partial charge in [-0.1, -0.05) is 48.5 Å². The molecular formula is C21H20N4O2. The van der Waals surface area contributed by atoms with E-state index in [1.165, 1.54) is 0 Å². The van der Waals surface area contributed by atoms with Crippen molar-refractivity contribution in [2.24, 2.45) is 5.73 Å². The van der Waals surface area contributed by atoms with Gasteiger partial charge >= 0.3 is 0 Å². The number of fused-ring (bicyclic) bond motifs is 1. The molecule has 1 heterocycles. The highest BCUT2D eigenvalue weighted by Gasteiger charge is 2.29. The van der Waals surface area contributed by atoms with Crippen LogP contribution in [0.15, 0.2) is 60.7 Å². The molecule has 1 atom stereocenters. The average molecular weight is 360 g/mol. The Balaban J connectivity index is 1.67. The smallest absolute Gasteiger partial charge is 0.272 e. The van der Waals surface area contributed by atoms with Crippen LogP contribution in [0.2, 0.25) is 0 Å². The molecule has 1 aliphatic rings. The molecule has 6 nitrogen and oxygen atoms in total. The van der Waals surface area contributed by atoms with Crippen LogP contribution in [0.3, 0.4) is 0 Å². The van der Waals surface area contributed by atoms with Gasteiger partial charge in [0.25, 0.3) is 5.91 Å². The number of benzene rings is 2. The number of nitrogens with zero attached hydrogens (tertiary/aromatic N) is 2. The molecule has 1 aromatic heterocycles. The molecule has 2 aromatic carbocycles. The summed E-state index contributed by atoms with van der Waals surface area (Å²) >= 11 is 0. The van der Waals surface area contributed by atoms with E-state index in [1.807, 2.05) is 41.1 Å². The summed E-state index contributed by atoms with van der Waals surface area (Å²) in [6.07, 6.45) is 2.66. The van der Waals surface area contributed by atoms with Gasteiger partial charge in [-0.2, -0.15) is 5.10 Å². The zero-order valence-electron chi connectivity index (χ0n) is 14.8. The van der Waals surface area contributed by atoms with E-state index in [-0.39, 0.29) is 5.91 Å². The Morgan fingerprint density at radius 3 is 2.33 bits per heavy atom. The van der Waals surface area contributed by atoms with Crippen LogP contribution >= 0.6 is 0 Å². The van der Waals surface area contributed by atoms with Crippen molar-refractivity contribution in [3.8, 4) is 5.69 Å². The van der Waals surface area contributed by atoms with Gasteiger partial charge in [0.1, 0.15) is 6.04 Å². The molecule has 0 bridgehead atoms. The normalized spacial score (nSPS) is 13.8. The molecule has 3 N–H and O–H groups in total. The molecule has 4 rings (SSSR count). The first kappa shape index (κ1) is 17.0. The maximum Gasteiger partial charge on any atom is 0.272 e. The third kappa shape index (κ3) is 3.21. The molecular weight excluding hydrogens is 340 g/mol. The maximum atomic E-state index is 12.9. The molecule has 3 aromatic rings. The number of rotatable bonds is 5. The SMILES string of the molecule is NC(=O)[C@H](NC(=O)c1nn(-c2ccccc2)c2c1CCC2)c1ccccc1. The van der Waals surface area contributed by atoms with E-state index >= 15 is 0 Å². The third-order valence-corrected chi connectivity index (χ3v) is 4.84. The van der Waals surface area contributed by atoms with Crippen LogP contribution in [-0.4, -0.2) is 21.6 Å². The van der Waals surface area contributed by atoms with E-state index in [1.54, 1.807) is 24.3 Å². The first-order chi connectivity index (χ1) is 13.1. The van der Waals surface area contributed by atoms with Crippen LogP contribution in [0.5, 0.6) is 0 Å². The molecule has 6 heteroatoms. The quantitative estimate of drug-likeness (QED) is 0.732. The number of hydrogen-bond acceptors (Lipinski definition) is 3. The molecule has 0 radical (unpaired) electrons. The fourth-order valence-electron chi connectivity index (χ4n) is 3.57. The standard InChI is InChI=1S/C21H20N4O2/c22-20(26)18(14-8-3-1-4-9-14)23-21(27)19-16-12-7-13-17(16)25(24-19)15-10-5-2-6-11-15/h1-6,8-11,18H,7,12-13H2,(H2,22,26)(H,23,27)/t18-/m1/s1. The van der Waals surface area contributed by atoms with Crippen LogP contribution in [0.1, 0.15) is 39.8 Å². The van der Waals surface area contributed by atoms with Crippen molar-refractivity contribution >= 4 is 11.8 Å². The van der Waals surface area contributed by atoms with E-state index in [9.17, 15) is 9.59 Å². The second-order valence-electron chi connectivity index (χ2n) is 6.59. The molecule has 0 saturated heterocycles. The van der Waals surface area contributed by atoms with Gasteiger partial charge in [-0.25, -0.2) is 4.68 Å². The lowest BCUT2D eigenvalue weighted by Crippen LogP contribution is -2.38. The van der Waals surface area contributed by atoms with Crippen molar-refractivity contribution in [3.63, 3.8) is 0 Å². The minimum atomic E-state index is -0.891. The van der Waals surface area contributed by atoms with Crippen LogP contribution in [0.4, 0.5) is 0 Å². The number of para-hydroxylation sites is 1. The summed E-state index contributed by atoms with van der Waals surface area (Å²) in [7, 11) is 0. The lowest BCUT2D eigenvalue weighted by atomic mass is 10.1. The highest BCUT2D eigenvalue weighted by atomic mass is 16.2. The van der Waals surface area contributed by atoms with Crippen molar-refractivity contribution < 1.29 is 9.59 Å². The third-order valence-electron chi connectivity index (χ3n) is 4.84. The predicted molar refractivity (Wildman–Crippen MR) is 101 cm³/mol. The Hall–Kier alpha value is -3.41. The number of aromatic nitrogens is 2. The molecule has 136 valence electrons. The number of carbonyl (C=O) groups excluding carboxylic acids is 2. The monoisotopic (exact) mass is 360 g/mol. The second-order valence-corrected chi connectivity index (χ2v) is 6.59. The molecule has 2 amide bonds. The molecule has 0 aliphatic heterocycles. The van der Waals surface area contributed by atoms with Gasteiger partial charge < -0.3 is 11.1 Å². The Morgan fingerprint density at radius 2 is 1.67 bits per heavy atom. The summed E-state index contributed by atoms with van der Waals surface area (Å²) in [5, 5.41) is 7.31. The predicted octanol–water partition coefficient (Wildman–Crippen LogP) is 2.32. The van der Waals surface area contributed by atoms with Crippen LogP contribution < -0.4 is 11.1 Å². The Labute approximate surface area is 157 Å². The number of carbonyl (C=O) groups is 2. The minimum Gasteiger partial charge on any atom is -0.368 e. The molecule has 0 unspecified atom stereocenters. The van der Waals surface area contributed by atoms with Gasteiger partial charge in [0.2, 0.25) is 5.91 Å². The van der Waals surface area contributed by atoms with Crippen molar-refractivity contribution in [1.29, 1.82) is 0 Å². The summed E-state index contributed by atoms with van der Waals surface area (Å²) in [4.78, 5) is 24.9. The minimum absolute atomic E-state index is 0.369. The summed E-state index contributed by atoms with van der Waals surface area (Å²) in [6, 6.07) is 17.8. The number of nitrogens with two attached hydrogens (primary N) is 1. The molecule has 0 saturated carbocycles. The first-order valence-electron chi connectivity index (χ1n) is 8.96. The summed E-state index contributed by atoms with van der Waals surface area (Å²) < 4.78 is 1.83. The number of amides is 2. The summed E-state index contributed by atoms with van der Waals surface area (Å²) in [5.74, 6) is -0.982. The second kappa shape index (κ2) is 7.07. The highest BCUT2D eigenvalue weighted by Crippen LogP contribution is 2.28. The van der Waals surface area contributed by atoms with E-state index < -0.39 is 11.9 Å². The number of hydrogen-bond donors (Lipinski definition) is 2. The molecule has 0 spiro atoms. The van der Waals surface area contributed by atoms with Crippen LogP contribution in [-0.2, 0) is 17.6 Å². The van der Waals surface area contributed by atoms with E-state index in [4.69, 9.17) is 5.73 Å². The average Bonchev–Trinajstić information content (AvgIpc) is 3.29. The topological polar surface area (TPSA) is 90.0 Å². The van der Waals surface area contributed by atoms with Crippen molar-refractivity contribution in [2.45, 2.75) is 25.3 Å². The molecule has 27 heavy (non-hydrogen) atoms. The van der Waals surface area contributed by atoms with Crippen molar-refractivity contribution in [3.05, 3.63) is 83.2 Å². The lowest BCUT2D eigenvalue weighted by Gasteiger charge is -2.15. The van der Waals surface area contributed by atoms with Gasteiger partial charge in [-0.15, -0.1) is 0 Å². The van der Waals surface area contributed by atoms with Gasteiger partial charge in [0.15, 0.2) is 5.69 Å². The van der Waals surface area contributed by atoms with Gasteiger partial charge in [0, 0.05) is 11.3 Å². The highest BCUT2D eigenvalue weighted by molar-refractivity contribution is 5.97. The zero-order valence-corrected chi connectivity index (χ0v) is 14.8. The lowest BCUT2D eigenvalue weighted by molar-refractivity contribution is -0.120. The molecule has 1 aliphatic carbocycles. The van der Waals surface area contributed by atoms with Gasteiger partial charge in [-0.05, 0) is 37.0 Å². The van der Waals surface area contributed by atoms with Crippen LogP contribution in [0.25, 0.3) is 5.69 Å². The van der Waals surface area contributed by atoms with Crippen molar-refractivity contribution in [1.82, 2.24) is 15.1 Å². The largest absolute Gasteiger partial charge is 0.368 e. The van der Waals surface area contributed by atoms with E-state index in [0.717, 1.165) is 36.2 Å². The van der Waals surface area contributed by atoms with Crippen molar-refractivity contribution in [2.75, 3.05) is 0 Å². The maximum absolute atomic E-state index is 12.9. The summed E-state index contributed by atoms with van der Waals surface area (Å²) in [5.41, 5.74) is 9.47. The van der Waals surface area contributed by atoms with E-state index in [2.05, 4.69) is 10.4 Å². The van der Waals surface area contributed by atoms with Gasteiger partial charge in [0.05, 0.1) is 5.69 Å². The van der Waals surface area contributed by atoms with E-state index in [0.29, 0.717) is 11.3 Å². The fraction of sp³-hybridized carbons (Fsp3) is 0.190. The number of nitrogens with one attached hydrogen (secondary N) is 1. The first-order valence-corrected chi connectivity index (χ1v) is 8.96. The number of primary amides is 1. The Kier molecular flexibility index (Phi) is 4.46. The van der Waals surface area contributed by atoms with Crippen LogP contribution in [0, 0.1) is 0 Å². The Bertz CT molecular complexity index is 980. The van der Waals surface area contributed by atoms with Gasteiger partial charge in [-0.3, -0.25) is 9.59 Å². The zero-order chi connectivity index (χ0) is 18.8. The summed E-state index contributed by atoms with van der Waals surface area (Å²) in [6.45, 7) is 0. The molecule has 0 fully saturated rings.